The first-order valence-corrected chi connectivity index (χ1v) is 7.43. The van der Waals surface area contributed by atoms with Crippen molar-refractivity contribution in [3.05, 3.63) is 54.7 Å². The molecule has 0 aliphatic carbocycles. The zero-order chi connectivity index (χ0) is 17.7. The molecule has 0 N–H and O–H groups in total. The lowest BCUT2D eigenvalue weighted by atomic mass is 10.1. The van der Waals surface area contributed by atoms with Crippen LogP contribution in [0.3, 0.4) is 0 Å². The Morgan fingerprint density at radius 2 is 2.00 bits per heavy atom. The number of anilines is 1. The van der Waals surface area contributed by atoms with Gasteiger partial charge >= 0.3 is 6.18 Å². The molecule has 0 spiro atoms. The molecule has 0 saturated carbocycles. The van der Waals surface area contributed by atoms with E-state index in [-0.39, 0.29) is 0 Å². The van der Waals surface area contributed by atoms with E-state index < -0.39 is 11.7 Å². The van der Waals surface area contributed by atoms with Gasteiger partial charge in [-0.25, -0.2) is 4.98 Å². The normalized spacial score (nSPS) is 11.7. The van der Waals surface area contributed by atoms with Crippen LogP contribution in [0.25, 0.3) is 11.3 Å². The molecular weight excluding hydrogens is 315 g/mol. The summed E-state index contributed by atoms with van der Waals surface area (Å²) in [6.07, 6.45) is -0.292. The Labute approximate surface area is 139 Å². The van der Waals surface area contributed by atoms with E-state index in [9.17, 15) is 13.2 Å². The molecule has 1 aromatic heterocycles. The van der Waals surface area contributed by atoms with E-state index in [0.717, 1.165) is 18.6 Å². The van der Waals surface area contributed by atoms with Gasteiger partial charge in [0.2, 0.25) is 0 Å². The second kappa shape index (κ2) is 7.29. The molecule has 0 saturated heterocycles. The van der Waals surface area contributed by atoms with E-state index in [1.54, 1.807) is 42.6 Å². The third kappa shape index (κ3) is 4.01. The number of alkyl halides is 3. The first-order valence-electron chi connectivity index (χ1n) is 7.43. The van der Waals surface area contributed by atoms with Crippen LogP contribution in [0.15, 0.2) is 54.2 Å². The summed E-state index contributed by atoms with van der Waals surface area (Å²) < 4.78 is 38.7. The van der Waals surface area contributed by atoms with Gasteiger partial charge in [0.15, 0.2) is 5.82 Å². The van der Waals surface area contributed by atoms with Crippen LogP contribution in [0.4, 0.5) is 24.7 Å². The van der Waals surface area contributed by atoms with Crippen molar-refractivity contribution in [2.45, 2.75) is 19.5 Å². The van der Waals surface area contributed by atoms with Gasteiger partial charge in [-0.2, -0.15) is 13.2 Å². The highest BCUT2D eigenvalue weighted by molar-refractivity contribution is 5.74. The summed E-state index contributed by atoms with van der Waals surface area (Å²) in [5.41, 5.74) is 0.776. The van der Waals surface area contributed by atoms with Crippen LogP contribution in [0.2, 0.25) is 0 Å². The number of rotatable bonds is 5. The molecular formula is C18H18F3N3. The van der Waals surface area contributed by atoms with Crippen molar-refractivity contribution < 1.29 is 13.2 Å². The summed E-state index contributed by atoms with van der Waals surface area (Å²) in [7, 11) is 1.76. The molecule has 0 aliphatic rings. The van der Waals surface area contributed by atoms with E-state index in [2.05, 4.69) is 16.6 Å². The molecule has 6 heteroatoms. The van der Waals surface area contributed by atoms with Gasteiger partial charge in [0.05, 0.1) is 11.3 Å². The minimum Gasteiger partial charge on any atom is -0.335 e. The Morgan fingerprint density at radius 3 is 2.62 bits per heavy atom. The molecule has 0 bridgehead atoms. The number of benzene rings is 1. The topological polar surface area (TPSA) is 28.5 Å². The second-order valence-corrected chi connectivity index (χ2v) is 5.13. The Bertz CT molecular complexity index is 751. The van der Waals surface area contributed by atoms with Crippen molar-refractivity contribution >= 4 is 17.7 Å². The Balaban J connectivity index is 2.52. The minimum atomic E-state index is -4.39. The van der Waals surface area contributed by atoms with Crippen molar-refractivity contribution in [3.8, 4) is 11.3 Å². The van der Waals surface area contributed by atoms with Crippen LogP contribution in [-0.4, -0.2) is 18.2 Å². The third-order valence-electron chi connectivity index (χ3n) is 3.36. The Morgan fingerprint density at radius 1 is 1.25 bits per heavy atom. The van der Waals surface area contributed by atoms with Crippen LogP contribution in [0.1, 0.15) is 18.9 Å². The van der Waals surface area contributed by atoms with Crippen molar-refractivity contribution in [2.24, 2.45) is 4.99 Å². The molecule has 0 amide bonds. The number of pyridine rings is 1. The van der Waals surface area contributed by atoms with Gasteiger partial charge in [0.25, 0.3) is 0 Å². The number of aliphatic imine (C=N–C) groups is 1. The maximum absolute atomic E-state index is 12.9. The smallest absolute Gasteiger partial charge is 0.335 e. The minimum absolute atomic E-state index is 0.398. The summed E-state index contributed by atoms with van der Waals surface area (Å²) in [6, 6.07) is 8.52. The number of hydrogen-bond acceptors (Lipinski definition) is 3. The molecule has 3 nitrogen and oxygen atoms in total. The summed E-state index contributed by atoms with van der Waals surface area (Å²) >= 11 is 0. The predicted molar refractivity (Wildman–Crippen MR) is 91.7 cm³/mol. The molecule has 0 aliphatic heterocycles. The lowest BCUT2D eigenvalue weighted by molar-refractivity contribution is -0.137. The van der Waals surface area contributed by atoms with Crippen molar-refractivity contribution in [2.75, 3.05) is 11.9 Å². The van der Waals surface area contributed by atoms with E-state index >= 15 is 0 Å². The zero-order valence-corrected chi connectivity index (χ0v) is 13.5. The van der Waals surface area contributed by atoms with Crippen LogP contribution < -0.4 is 4.90 Å². The van der Waals surface area contributed by atoms with Gasteiger partial charge in [-0.05, 0) is 36.9 Å². The Hall–Kier alpha value is -2.63. The molecule has 0 unspecified atom stereocenters. The first kappa shape index (κ1) is 17.7. The first-order chi connectivity index (χ1) is 11.4. The van der Waals surface area contributed by atoms with Gasteiger partial charge in [-0.15, -0.1) is 0 Å². The quantitative estimate of drug-likeness (QED) is 0.680. The largest absolute Gasteiger partial charge is 0.416 e. The number of hydrogen-bond donors (Lipinski definition) is 0. The highest BCUT2D eigenvalue weighted by Crippen LogP contribution is 2.34. The number of nitrogens with zero attached hydrogens (tertiary/aromatic N) is 3. The molecule has 24 heavy (non-hydrogen) atoms. The maximum atomic E-state index is 12.9. The Kier molecular flexibility index (Phi) is 5.39. The van der Waals surface area contributed by atoms with Crippen molar-refractivity contribution in [1.29, 1.82) is 0 Å². The molecule has 0 atom stereocenters. The SMILES string of the molecule is C=CN(C)c1nc(-c2cccc(C(F)(F)F)c2)ccc1N=CCC. The van der Waals surface area contributed by atoms with E-state index in [4.69, 9.17) is 0 Å². The molecule has 0 fully saturated rings. The average molecular weight is 333 g/mol. The molecule has 0 radical (unpaired) electrons. The fourth-order valence-corrected chi connectivity index (χ4v) is 2.09. The van der Waals surface area contributed by atoms with Gasteiger partial charge in [0, 0.05) is 18.8 Å². The molecule has 126 valence electrons. The van der Waals surface area contributed by atoms with Gasteiger partial charge in [-0.3, -0.25) is 4.99 Å². The number of aromatic nitrogens is 1. The van der Waals surface area contributed by atoms with E-state index in [1.165, 1.54) is 6.07 Å². The van der Waals surface area contributed by atoms with E-state index in [0.29, 0.717) is 22.8 Å². The second-order valence-electron chi connectivity index (χ2n) is 5.13. The van der Waals surface area contributed by atoms with Crippen LogP contribution in [-0.2, 0) is 6.18 Å². The standard InChI is InChI=1S/C18H18F3N3/c1-4-11-22-16-10-9-15(23-17(16)24(3)5-2)13-7-6-8-14(12-13)18(19,20)21/h5-12H,2,4H2,1,3H3. The lowest BCUT2D eigenvalue weighted by Gasteiger charge is -2.16. The molecule has 1 heterocycles. The van der Waals surface area contributed by atoms with E-state index in [1.807, 2.05) is 6.92 Å². The van der Waals surface area contributed by atoms with Gasteiger partial charge in [-0.1, -0.05) is 25.6 Å². The summed E-state index contributed by atoms with van der Waals surface area (Å²) in [5, 5.41) is 0. The number of halogens is 3. The fourth-order valence-electron chi connectivity index (χ4n) is 2.09. The summed E-state index contributed by atoms with van der Waals surface area (Å²) in [4.78, 5) is 10.5. The predicted octanol–water partition coefficient (Wildman–Crippen LogP) is 5.46. The van der Waals surface area contributed by atoms with Crippen molar-refractivity contribution in [1.82, 2.24) is 4.98 Å². The monoisotopic (exact) mass is 333 g/mol. The lowest BCUT2D eigenvalue weighted by Crippen LogP contribution is -2.10. The highest BCUT2D eigenvalue weighted by Gasteiger charge is 2.30. The molecule has 1 aromatic carbocycles. The van der Waals surface area contributed by atoms with Crippen LogP contribution >= 0.6 is 0 Å². The van der Waals surface area contributed by atoms with Gasteiger partial charge < -0.3 is 4.90 Å². The van der Waals surface area contributed by atoms with Crippen molar-refractivity contribution in [3.63, 3.8) is 0 Å². The van der Waals surface area contributed by atoms with Gasteiger partial charge in [0.1, 0.15) is 5.69 Å². The van der Waals surface area contributed by atoms with Crippen LogP contribution in [0.5, 0.6) is 0 Å². The summed E-state index contributed by atoms with van der Waals surface area (Å²) in [5.74, 6) is 0.532. The molecule has 2 aromatic rings. The average Bonchev–Trinajstić information content (AvgIpc) is 2.58. The fraction of sp³-hybridized carbons (Fsp3) is 0.222. The zero-order valence-electron chi connectivity index (χ0n) is 13.5. The maximum Gasteiger partial charge on any atom is 0.416 e. The molecule has 2 rings (SSSR count). The third-order valence-corrected chi connectivity index (χ3v) is 3.36. The summed E-state index contributed by atoms with van der Waals surface area (Å²) in [6.45, 7) is 5.66. The van der Waals surface area contributed by atoms with Crippen LogP contribution in [0, 0.1) is 0 Å². The highest BCUT2D eigenvalue weighted by atomic mass is 19.4.